The largest absolute Gasteiger partial charge is 0.373 e. The molecule has 0 saturated carbocycles. The lowest BCUT2D eigenvalue weighted by Crippen LogP contribution is -2.08. The molecule has 0 aliphatic carbocycles. The molecule has 15 heavy (non-hydrogen) atoms. The van der Waals surface area contributed by atoms with Gasteiger partial charge in [0.2, 0.25) is 0 Å². The number of hydrogen-bond donors (Lipinski definition) is 0. The Morgan fingerprint density at radius 2 is 2.07 bits per heavy atom. The minimum atomic E-state index is -0.0272. The van der Waals surface area contributed by atoms with Crippen molar-refractivity contribution in [1.29, 1.82) is 0 Å². The van der Waals surface area contributed by atoms with Gasteiger partial charge in [-0.3, -0.25) is 4.79 Å². The zero-order valence-corrected chi connectivity index (χ0v) is 9.03. The number of aryl methyl sites for hydroxylation is 1. The predicted molar refractivity (Wildman–Crippen MR) is 59.0 cm³/mol. The highest BCUT2D eigenvalue weighted by atomic mass is 16.5. The van der Waals surface area contributed by atoms with Crippen molar-refractivity contribution in [3.63, 3.8) is 0 Å². The Morgan fingerprint density at radius 3 is 2.60 bits per heavy atom. The highest BCUT2D eigenvalue weighted by molar-refractivity contribution is 5.88. The van der Waals surface area contributed by atoms with Gasteiger partial charge in [0.05, 0.1) is 12.5 Å². The lowest BCUT2D eigenvalue weighted by molar-refractivity contribution is -0.118. The number of hydrogen-bond acceptors (Lipinski definition) is 2. The van der Waals surface area contributed by atoms with Crippen LogP contribution in [-0.4, -0.2) is 19.0 Å². The molecule has 0 amide bonds. The van der Waals surface area contributed by atoms with Crippen LogP contribution in [0.4, 0.5) is 0 Å². The van der Waals surface area contributed by atoms with Crippen molar-refractivity contribution in [2.24, 2.45) is 0 Å². The predicted octanol–water partition coefficient (Wildman–Crippen LogP) is 2.32. The van der Waals surface area contributed by atoms with Gasteiger partial charge in [0.1, 0.15) is 6.61 Å². The third kappa shape index (κ3) is 2.26. The Hall–Kier alpha value is -1.15. The van der Waals surface area contributed by atoms with Crippen LogP contribution in [0.5, 0.6) is 0 Å². The van der Waals surface area contributed by atoms with Crippen molar-refractivity contribution in [2.45, 2.75) is 25.7 Å². The molecule has 2 rings (SSSR count). The monoisotopic (exact) mass is 204 g/mol. The van der Waals surface area contributed by atoms with Crippen LogP contribution in [0.25, 0.3) is 0 Å². The molecule has 0 aromatic heterocycles. The molecular formula is C13H16O2. The maximum absolute atomic E-state index is 11.5. The molecule has 1 saturated heterocycles. The van der Waals surface area contributed by atoms with E-state index in [4.69, 9.17) is 4.74 Å². The van der Waals surface area contributed by atoms with E-state index < -0.39 is 0 Å². The summed E-state index contributed by atoms with van der Waals surface area (Å²) in [5.41, 5.74) is 2.44. The number of ketones is 1. The molecule has 0 spiro atoms. The Kier molecular flexibility index (Phi) is 3.17. The normalized spacial score (nSPS) is 20.9. The van der Waals surface area contributed by atoms with E-state index in [0.29, 0.717) is 6.61 Å². The molecule has 0 radical (unpaired) electrons. The summed E-state index contributed by atoms with van der Waals surface area (Å²) in [7, 11) is 0. The summed E-state index contributed by atoms with van der Waals surface area (Å²) in [6.07, 6.45) is 2.26. The summed E-state index contributed by atoms with van der Waals surface area (Å²) in [6, 6.07) is 8.35. The van der Waals surface area contributed by atoms with E-state index in [1.807, 2.05) is 0 Å². The second-order valence-electron chi connectivity index (χ2n) is 4.03. The van der Waals surface area contributed by atoms with Crippen molar-refractivity contribution < 1.29 is 9.53 Å². The molecule has 1 aromatic rings. The third-order valence-electron chi connectivity index (χ3n) is 2.84. The number of benzene rings is 1. The van der Waals surface area contributed by atoms with Crippen molar-refractivity contribution >= 4 is 5.78 Å². The van der Waals surface area contributed by atoms with E-state index >= 15 is 0 Å². The lowest BCUT2D eigenvalue weighted by Gasteiger charge is -2.07. The molecule has 1 fully saturated rings. The van der Waals surface area contributed by atoms with Crippen molar-refractivity contribution in [1.82, 2.24) is 0 Å². The molecule has 0 N–H and O–H groups in total. The average Bonchev–Trinajstić information content (AvgIpc) is 2.66. The summed E-state index contributed by atoms with van der Waals surface area (Å²) in [5, 5.41) is 0. The van der Waals surface area contributed by atoms with Gasteiger partial charge in [-0.2, -0.15) is 0 Å². The standard InChI is InChI=1S/C13H16O2/c1-2-3-10-4-6-11(7-5-10)12-8-15-9-13(12)14/h4-7,12H,2-3,8-9H2,1H3/t12-/m1/s1. The summed E-state index contributed by atoms with van der Waals surface area (Å²) in [5.74, 6) is 0.180. The second-order valence-corrected chi connectivity index (χ2v) is 4.03. The van der Waals surface area contributed by atoms with Gasteiger partial charge in [0.25, 0.3) is 0 Å². The van der Waals surface area contributed by atoms with E-state index in [1.165, 1.54) is 5.56 Å². The second kappa shape index (κ2) is 4.58. The van der Waals surface area contributed by atoms with Crippen LogP contribution in [-0.2, 0) is 16.0 Å². The molecule has 2 heteroatoms. The fraction of sp³-hybridized carbons (Fsp3) is 0.462. The molecule has 1 aliphatic heterocycles. The quantitative estimate of drug-likeness (QED) is 0.755. The first-order chi connectivity index (χ1) is 7.31. The Balaban J connectivity index is 2.12. The summed E-state index contributed by atoms with van der Waals surface area (Å²) in [6.45, 7) is 3.00. The minimum Gasteiger partial charge on any atom is -0.373 e. The van der Waals surface area contributed by atoms with Gasteiger partial charge in [0.15, 0.2) is 5.78 Å². The number of Topliss-reactive ketones (excluding diaryl/α,β-unsaturated/α-hetero) is 1. The Labute approximate surface area is 90.3 Å². The van der Waals surface area contributed by atoms with Crippen molar-refractivity contribution in [3.8, 4) is 0 Å². The highest BCUT2D eigenvalue weighted by Gasteiger charge is 2.26. The average molecular weight is 204 g/mol. The van der Waals surface area contributed by atoms with Crippen LogP contribution in [0.2, 0.25) is 0 Å². The fourth-order valence-corrected chi connectivity index (χ4v) is 1.96. The molecule has 1 atom stereocenters. The number of rotatable bonds is 3. The maximum Gasteiger partial charge on any atom is 0.168 e. The molecule has 1 heterocycles. The van der Waals surface area contributed by atoms with Gasteiger partial charge in [0, 0.05) is 0 Å². The van der Waals surface area contributed by atoms with E-state index in [1.54, 1.807) is 0 Å². The third-order valence-corrected chi connectivity index (χ3v) is 2.84. The number of carbonyl (C=O) groups excluding carboxylic acids is 1. The van der Waals surface area contributed by atoms with Crippen LogP contribution in [0.3, 0.4) is 0 Å². The summed E-state index contributed by atoms with van der Waals surface area (Å²) >= 11 is 0. The van der Waals surface area contributed by atoms with E-state index in [9.17, 15) is 4.79 Å². The molecule has 0 bridgehead atoms. The Bertz CT molecular complexity index is 340. The SMILES string of the molecule is CCCc1ccc([C@H]2COCC2=O)cc1. The lowest BCUT2D eigenvalue weighted by atomic mass is 9.96. The molecular weight excluding hydrogens is 188 g/mol. The number of ether oxygens (including phenoxy) is 1. The van der Waals surface area contributed by atoms with Gasteiger partial charge >= 0.3 is 0 Å². The first-order valence-corrected chi connectivity index (χ1v) is 5.50. The van der Waals surface area contributed by atoms with E-state index in [-0.39, 0.29) is 18.3 Å². The minimum absolute atomic E-state index is 0.0272. The van der Waals surface area contributed by atoms with E-state index in [0.717, 1.165) is 18.4 Å². The zero-order chi connectivity index (χ0) is 10.7. The molecule has 1 aromatic carbocycles. The van der Waals surface area contributed by atoms with E-state index in [2.05, 4.69) is 31.2 Å². The molecule has 80 valence electrons. The molecule has 1 aliphatic rings. The van der Waals surface area contributed by atoms with Crippen LogP contribution < -0.4 is 0 Å². The highest BCUT2D eigenvalue weighted by Crippen LogP contribution is 2.22. The van der Waals surface area contributed by atoms with Gasteiger partial charge < -0.3 is 4.74 Å². The van der Waals surface area contributed by atoms with Crippen LogP contribution >= 0.6 is 0 Å². The Morgan fingerprint density at radius 1 is 1.33 bits per heavy atom. The molecule has 2 nitrogen and oxygen atoms in total. The van der Waals surface area contributed by atoms with Crippen LogP contribution in [0.15, 0.2) is 24.3 Å². The van der Waals surface area contributed by atoms with Crippen LogP contribution in [0.1, 0.15) is 30.4 Å². The maximum atomic E-state index is 11.5. The smallest absolute Gasteiger partial charge is 0.168 e. The van der Waals surface area contributed by atoms with Crippen LogP contribution in [0, 0.1) is 0 Å². The zero-order valence-electron chi connectivity index (χ0n) is 9.03. The van der Waals surface area contributed by atoms with Gasteiger partial charge in [-0.05, 0) is 17.5 Å². The molecule has 0 unspecified atom stereocenters. The van der Waals surface area contributed by atoms with Crippen molar-refractivity contribution in [3.05, 3.63) is 35.4 Å². The first-order valence-electron chi connectivity index (χ1n) is 5.50. The van der Waals surface area contributed by atoms with Gasteiger partial charge in [-0.25, -0.2) is 0 Å². The fourth-order valence-electron chi connectivity index (χ4n) is 1.96. The van der Waals surface area contributed by atoms with Gasteiger partial charge in [-0.1, -0.05) is 37.6 Å². The summed E-state index contributed by atoms with van der Waals surface area (Å²) < 4.78 is 5.15. The first kappa shape index (κ1) is 10.4. The number of carbonyl (C=O) groups is 1. The topological polar surface area (TPSA) is 26.3 Å². The van der Waals surface area contributed by atoms with Gasteiger partial charge in [-0.15, -0.1) is 0 Å². The van der Waals surface area contributed by atoms with Crippen molar-refractivity contribution in [2.75, 3.05) is 13.2 Å². The summed E-state index contributed by atoms with van der Waals surface area (Å²) in [4.78, 5) is 11.5.